The van der Waals surface area contributed by atoms with E-state index >= 15 is 0 Å². The van der Waals surface area contributed by atoms with Crippen LogP contribution >= 0.6 is 0 Å². The number of hydrogen-bond acceptors (Lipinski definition) is 4. The van der Waals surface area contributed by atoms with E-state index in [1.807, 2.05) is 18.3 Å². The van der Waals surface area contributed by atoms with Crippen LogP contribution in [0.2, 0.25) is 0 Å². The Morgan fingerprint density at radius 3 is 2.62 bits per heavy atom. The van der Waals surface area contributed by atoms with E-state index in [1.165, 1.54) is 26.2 Å². The van der Waals surface area contributed by atoms with Crippen molar-refractivity contribution in [2.75, 3.05) is 12.4 Å². The van der Waals surface area contributed by atoms with Crippen LogP contribution in [0.5, 0.6) is 0 Å². The van der Waals surface area contributed by atoms with E-state index in [1.54, 1.807) is 7.11 Å². The average Bonchev–Trinajstić information content (AvgIpc) is 2.73. The van der Waals surface area contributed by atoms with Gasteiger partial charge >= 0.3 is 0 Å². The van der Waals surface area contributed by atoms with Crippen molar-refractivity contribution in [3.05, 3.63) is 23.9 Å². The third kappa shape index (κ3) is 6.26. The zero-order chi connectivity index (χ0) is 20.7. The van der Waals surface area contributed by atoms with E-state index in [-0.39, 0.29) is 29.4 Å². The molecule has 2 saturated carbocycles. The highest BCUT2D eigenvalue weighted by molar-refractivity contribution is 5.87. The maximum atomic E-state index is 13.1. The monoisotopic (exact) mass is 401 g/mol. The van der Waals surface area contributed by atoms with E-state index in [2.05, 4.69) is 15.6 Å². The van der Waals surface area contributed by atoms with Crippen LogP contribution in [0.15, 0.2) is 18.3 Å². The highest BCUT2D eigenvalue weighted by Gasteiger charge is 2.36. The number of methoxy groups -OCH3 is 1. The fourth-order valence-corrected chi connectivity index (χ4v) is 4.84. The summed E-state index contributed by atoms with van der Waals surface area (Å²) >= 11 is 0. The number of aryl methyl sites for hydroxylation is 1. The van der Waals surface area contributed by atoms with Crippen LogP contribution in [0.3, 0.4) is 0 Å². The summed E-state index contributed by atoms with van der Waals surface area (Å²) in [4.78, 5) is 28.5. The molecule has 29 heavy (non-hydrogen) atoms. The van der Waals surface area contributed by atoms with Gasteiger partial charge in [0.2, 0.25) is 11.8 Å². The lowest BCUT2D eigenvalue weighted by molar-refractivity contribution is -0.130. The van der Waals surface area contributed by atoms with E-state index in [9.17, 15) is 9.59 Å². The molecule has 0 saturated heterocycles. The Hall–Kier alpha value is -1.95. The van der Waals surface area contributed by atoms with Gasteiger partial charge in [0.1, 0.15) is 5.82 Å². The standard InChI is InChI=1S/C23H35N3O3/c1-17(27)25-21-10-9-18(16-24-21)11-14-23(12-4-3-5-13-23)26-22(28)19-7-6-8-20(15-19)29-2/h9-10,16,19-20H,3-8,11-15H2,1-2H3,(H,26,28)(H,24,25,27)/t19-,20+/m0/s1. The second kappa shape index (κ2) is 10.2. The minimum absolute atomic E-state index is 0.0751. The van der Waals surface area contributed by atoms with Crippen LogP contribution in [0, 0.1) is 5.92 Å². The highest BCUT2D eigenvalue weighted by atomic mass is 16.5. The maximum absolute atomic E-state index is 13.1. The molecule has 1 aromatic heterocycles. The van der Waals surface area contributed by atoms with Crippen LogP contribution in [-0.4, -0.2) is 35.6 Å². The Morgan fingerprint density at radius 1 is 1.17 bits per heavy atom. The molecule has 0 bridgehead atoms. The fourth-order valence-electron chi connectivity index (χ4n) is 4.84. The normalized spacial score (nSPS) is 23.9. The lowest BCUT2D eigenvalue weighted by Gasteiger charge is -2.40. The van der Waals surface area contributed by atoms with Gasteiger partial charge < -0.3 is 15.4 Å². The molecule has 3 rings (SSSR count). The van der Waals surface area contributed by atoms with E-state index in [0.29, 0.717) is 5.82 Å². The van der Waals surface area contributed by atoms with Gasteiger partial charge in [-0.2, -0.15) is 0 Å². The Morgan fingerprint density at radius 2 is 1.97 bits per heavy atom. The van der Waals surface area contributed by atoms with Crippen LogP contribution in [0.1, 0.15) is 76.7 Å². The number of pyridine rings is 1. The molecule has 0 aliphatic heterocycles. The maximum Gasteiger partial charge on any atom is 0.223 e. The van der Waals surface area contributed by atoms with Gasteiger partial charge in [0.15, 0.2) is 0 Å². The first kappa shape index (κ1) is 21.8. The molecule has 2 fully saturated rings. The van der Waals surface area contributed by atoms with Gasteiger partial charge in [-0.25, -0.2) is 4.98 Å². The summed E-state index contributed by atoms with van der Waals surface area (Å²) in [5.74, 6) is 0.748. The summed E-state index contributed by atoms with van der Waals surface area (Å²) in [7, 11) is 1.75. The van der Waals surface area contributed by atoms with Crippen molar-refractivity contribution in [2.45, 2.75) is 89.2 Å². The molecule has 1 heterocycles. The predicted molar refractivity (Wildman–Crippen MR) is 114 cm³/mol. The molecular weight excluding hydrogens is 366 g/mol. The topological polar surface area (TPSA) is 80.3 Å². The number of carbonyl (C=O) groups excluding carboxylic acids is 2. The third-order valence-electron chi connectivity index (χ3n) is 6.55. The highest BCUT2D eigenvalue weighted by Crippen LogP contribution is 2.34. The Labute approximate surface area is 174 Å². The smallest absolute Gasteiger partial charge is 0.223 e. The van der Waals surface area contributed by atoms with Gasteiger partial charge in [-0.1, -0.05) is 31.7 Å². The van der Waals surface area contributed by atoms with Gasteiger partial charge in [-0.05, 0) is 56.6 Å². The van der Waals surface area contributed by atoms with Gasteiger partial charge in [0.05, 0.1) is 6.10 Å². The van der Waals surface area contributed by atoms with Crippen molar-refractivity contribution in [3.63, 3.8) is 0 Å². The number of ether oxygens (including phenoxy) is 1. The number of amides is 2. The number of nitrogens with one attached hydrogen (secondary N) is 2. The molecule has 0 radical (unpaired) electrons. The second-order valence-corrected chi connectivity index (χ2v) is 8.78. The molecule has 160 valence electrons. The number of anilines is 1. The van der Waals surface area contributed by atoms with Crippen molar-refractivity contribution in [1.29, 1.82) is 0 Å². The molecule has 6 nitrogen and oxygen atoms in total. The van der Waals surface area contributed by atoms with Crippen molar-refractivity contribution >= 4 is 17.6 Å². The number of hydrogen-bond donors (Lipinski definition) is 2. The van der Waals surface area contributed by atoms with Gasteiger partial charge in [0.25, 0.3) is 0 Å². The van der Waals surface area contributed by atoms with Crippen LogP contribution in [-0.2, 0) is 20.7 Å². The second-order valence-electron chi connectivity index (χ2n) is 8.78. The predicted octanol–water partition coefficient (Wildman–Crippen LogP) is 4.00. The summed E-state index contributed by atoms with van der Waals surface area (Å²) in [5, 5.41) is 6.18. The fraction of sp³-hybridized carbons (Fsp3) is 0.696. The number of rotatable bonds is 7. The molecule has 2 atom stereocenters. The summed E-state index contributed by atoms with van der Waals surface area (Å²) in [6.45, 7) is 1.48. The summed E-state index contributed by atoms with van der Waals surface area (Å²) in [5.41, 5.74) is 1.03. The Balaban J connectivity index is 1.61. The molecule has 0 aromatic carbocycles. The molecule has 2 aliphatic rings. The minimum Gasteiger partial charge on any atom is -0.381 e. The summed E-state index contributed by atoms with van der Waals surface area (Å²) in [6.07, 6.45) is 13.5. The third-order valence-corrected chi connectivity index (χ3v) is 6.55. The molecule has 2 N–H and O–H groups in total. The Kier molecular flexibility index (Phi) is 7.64. The molecule has 0 spiro atoms. The first-order valence-corrected chi connectivity index (χ1v) is 11.1. The molecule has 6 heteroatoms. The van der Waals surface area contributed by atoms with E-state index in [4.69, 9.17) is 4.74 Å². The van der Waals surface area contributed by atoms with Crippen molar-refractivity contribution in [3.8, 4) is 0 Å². The zero-order valence-electron chi connectivity index (χ0n) is 17.8. The average molecular weight is 402 g/mol. The molecule has 2 aliphatic carbocycles. The molecule has 0 unspecified atom stereocenters. The van der Waals surface area contributed by atoms with Gasteiger partial charge in [-0.3, -0.25) is 9.59 Å². The number of aromatic nitrogens is 1. The van der Waals surface area contributed by atoms with Crippen molar-refractivity contribution in [2.24, 2.45) is 5.92 Å². The van der Waals surface area contributed by atoms with Gasteiger partial charge in [0, 0.05) is 31.7 Å². The summed E-state index contributed by atoms with van der Waals surface area (Å²) in [6, 6.07) is 3.86. The number of nitrogens with zero attached hydrogens (tertiary/aromatic N) is 1. The first-order valence-electron chi connectivity index (χ1n) is 11.1. The van der Waals surface area contributed by atoms with Crippen LogP contribution in [0.4, 0.5) is 5.82 Å². The van der Waals surface area contributed by atoms with Crippen LogP contribution in [0.25, 0.3) is 0 Å². The largest absolute Gasteiger partial charge is 0.381 e. The van der Waals surface area contributed by atoms with E-state index < -0.39 is 0 Å². The van der Waals surface area contributed by atoms with Crippen LogP contribution < -0.4 is 10.6 Å². The first-order chi connectivity index (χ1) is 14.0. The zero-order valence-corrected chi connectivity index (χ0v) is 17.8. The lowest BCUT2D eigenvalue weighted by Crippen LogP contribution is -2.52. The SMILES string of the molecule is CO[C@@H]1CCC[C@H](C(=O)NC2(CCc3ccc(NC(C)=O)nc3)CCCCC2)C1. The van der Waals surface area contributed by atoms with Gasteiger partial charge in [-0.15, -0.1) is 0 Å². The quantitative estimate of drug-likeness (QED) is 0.724. The Bertz CT molecular complexity index is 683. The minimum atomic E-state index is -0.118. The van der Waals surface area contributed by atoms with Crippen molar-refractivity contribution in [1.82, 2.24) is 10.3 Å². The van der Waals surface area contributed by atoms with Crippen molar-refractivity contribution < 1.29 is 14.3 Å². The molecular formula is C23H35N3O3. The molecule has 2 amide bonds. The number of carbonyl (C=O) groups is 2. The summed E-state index contributed by atoms with van der Waals surface area (Å²) < 4.78 is 5.51. The molecule has 1 aromatic rings. The lowest BCUT2D eigenvalue weighted by atomic mass is 9.77. The van der Waals surface area contributed by atoms with E-state index in [0.717, 1.165) is 56.9 Å².